The minimum Gasteiger partial charge on any atom is -0.475 e. The lowest BCUT2D eigenvalue weighted by Crippen LogP contribution is -2.12. The topological polar surface area (TPSA) is 83.0 Å². The van der Waals surface area contributed by atoms with Crippen LogP contribution in [0.25, 0.3) is 11.0 Å². The molecule has 0 aliphatic heterocycles. The molecular weight excluding hydrogens is 220 g/mol. The highest BCUT2D eigenvalue weighted by molar-refractivity contribution is 6.40. The van der Waals surface area contributed by atoms with Crippen molar-refractivity contribution < 1.29 is 14.7 Å². The quantitative estimate of drug-likeness (QED) is 0.621. The molecule has 0 radical (unpaired) electrons. The molecular formula is C12H10N2O3. The second kappa shape index (κ2) is 3.41. The Morgan fingerprint density at radius 3 is 2.76 bits per heavy atom. The number of nitrogens with one attached hydrogen (secondary N) is 1. The number of imidazole rings is 1. The number of carbonyl (C=O) groups is 2. The maximum atomic E-state index is 11.3. The fourth-order valence-electron chi connectivity index (χ4n) is 1.84. The van der Waals surface area contributed by atoms with Crippen molar-refractivity contribution >= 4 is 22.8 Å². The summed E-state index contributed by atoms with van der Waals surface area (Å²) in [6.45, 7) is 0. The average molecular weight is 230 g/mol. The molecule has 1 aliphatic rings. The SMILES string of the molecule is O=C(O)C(=O)c1ccc2nc(C3CC3)[nH]c2c1. The van der Waals surface area contributed by atoms with E-state index in [1.54, 1.807) is 12.1 Å². The van der Waals surface area contributed by atoms with E-state index in [1.807, 2.05) is 0 Å². The molecule has 0 saturated heterocycles. The summed E-state index contributed by atoms with van der Waals surface area (Å²) >= 11 is 0. The van der Waals surface area contributed by atoms with Crippen LogP contribution in [0.15, 0.2) is 18.2 Å². The van der Waals surface area contributed by atoms with Gasteiger partial charge in [0.1, 0.15) is 5.82 Å². The van der Waals surface area contributed by atoms with Crippen LogP contribution in [-0.2, 0) is 4.79 Å². The van der Waals surface area contributed by atoms with Gasteiger partial charge in [0, 0.05) is 11.5 Å². The third-order valence-corrected chi connectivity index (χ3v) is 2.92. The van der Waals surface area contributed by atoms with E-state index in [2.05, 4.69) is 9.97 Å². The van der Waals surface area contributed by atoms with Gasteiger partial charge in [-0.1, -0.05) is 0 Å². The number of fused-ring (bicyclic) bond motifs is 1. The number of aromatic nitrogens is 2. The number of carboxylic acids is 1. The van der Waals surface area contributed by atoms with Crippen LogP contribution in [0.4, 0.5) is 0 Å². The van der Waals surface area contributed by atoms with Crippen LogP contribution >= 0.6 is 0 Å². The molecule has 5 heteroatoms. The van der Waals surface area contributed by atoms with Gasteiger partial charge in [-0.25, -0.2) is 9.78 Å². The maximum Gasteiger partial charge on any atom is 0.377 e. The Morgan fingerprint density at radius 1 is 1.35 bits per heavy atom. The Labute approximate surface area is 96.5 Å². The number of carbonyl (C=O) groups excluding carboxylic acids is 1. The van der Waals surface area contributed by atoms with Crippen LogP contribution in [0.2, 0.25) is 0 Å². The van der Waals surface area contributed by atoms with Crippen LogP contribution in [-0.4, -0.2) is 26.8 Å². The smallest absolute Gasteiger partial charge is 0.377 e. The first-order chi connectivity index (χ1) is 8.15. The van der Waals surface area contributed by atoms with Crippen molar-refractivity contribution in [3.05, 3.63) is 29.6 Å². The summed E-state index contributed by atoms with van der Waals surface area (Å²) in [5, 5.41) is 8.64. The molecule has 1 fully saturated rings. The Morgan fingerprint density at radius 2 is 2.12 bits per heavy atom. The van der Waals surface area contributed by atoms with Crippen LogP contribution in [0.3, 0.4) is 0 Å². The van der Waals surface area contributed by atoms with Gasteiger partial charge >= 0.3 is 5.97 Å². The molecule has 5 nitrogen and oxygen atoms in total. The zero-order valence-electron chi connectivity index (χ0n) is 8.93. The molecule has 86 valence electrons. The number of rotatable bonds is 3. The predicted octanol–water partition coefficient (Wildman–Crippen LogP) is 1.71. The molecule has 1 aliphatic carbocycles. The summed E-state index contributed by atoms with van der Waals surface area (Å²) in [4.78, 5) is 29.4. The molecule has 0 spiro atoms. The lowest BCUT2D eigenvalue weighted by molar-refractivity contribution is -0.131. The maximum absolute atomic E-state index is 11.3. The first kappa shape index (κ1) is 10.0. The molecule has 2 N–H and O–H groups in total. The average Bonchev–Trinajstić information content (AvgIpc) is 3.07. The highest BCUT2D eigenvalue weighted by atomic mass is 16.4. The molecule has 0 atom stereocenters. The number of carboxylic acid groups (broad SMARTS) is 1. The Bertz CT molecular complexity index is 626. The van der Waals surface area contributed by atoms with E-state index in [9.17, 15) is 9.59 Å². The van der Waals surface area contributed by atoms with Crippen LogP contribution in [0.1, 0.15) is 34.9 Å². The third kappa shape index (κ3) is 1.69. The fourth-order valence-corrected chi connectivity index (χ4v) is 1.84. The number of nitrogens with zero attached hydrogens (tertiary/aromatic N) is 1. The molecule has 2 aromatic rings. The van der Waals surface area contributed by atoms with Crippen LogP contribution in [0.5, 0.6) is 0 Å². The van der Waals surface area contributed by atoms with Crippen molar-refractivity contribution in [2.75, 3.05) is 0 Å². The van der Waals surface area contributed by atoms with Crippen molar-refractivity contribution in [3.63, 3.8) is 0 Å². The van der Waals surface area contributed by atoms with Gasteiger partial charge in [-0.2, -0.15) is 0 Å². The van der Waals surface area contributed by atoms with Gasteiger partial charge in [0.25, 0.3) is 5.78 Å². The molecule has 17 heavy (non-hydrogen) atoms. The first-order valence-corrected chi connectivity index (χ1v) is 5.42. The number of ketones is 1. The van der Waals surface area contributed by atoms with Gasteiger partial charge in [-0.05, 0) is 31.0 Å². The second-order valence-electron chi connectivity index (χ2n) is 4.26. The second-order valence-corrected chi connectivity index (χ2v) is 4.26. The first-order valence-electron chi connectivity index (χ1n) is 5.42. The molecule has 1 heterocycles. The van der Waals surface area contributed by atoms with Gasteiger partial charge < -0.3 is 10.1 Å². The van der Waals surface area contributed by atoms with Gasteiger partial charge in [-0.3, -0.25) is 4.79 Å². The van der Waals surface area contributed by atoms with E-state index in [4.69, 9.17) is 5.11 Å². The summed E-state index contributed by atoms with van der Waals surface area (Å²) in [6, 6.07) is 4.72. The summed E-state index contributed by atoms with van der Waals surface area (Å²) in [5.41, 5.74) is 1.67. The third-order valence-electron chi connectivity index (χ3n) is 2.92. The lowest BCUT2D eigenvalue weighted by atomic mass is 10.1. The van der Waals surface area contributed by atoms with Gasteiger partial charge in [0.2, 0.25) is 0 Å². The lowest BCUT2D eigenvalue weighted by Gasteiger charge is -1.94. The summed E-state index contributed by atoms with van der Waals surface area (Å²) in [7, 11) is 0. The van der Waals surface area contributed by atoms with Crippen molar-refractivity contribution in [3.8, 4) is 0 Å². The zero-order chi connectivity index (χ0) is 12.0. The fraction of sp³-hybridized carbons (Fsp3) is 0.250. The predicted molar refractivity (Wildman–Crippen MR) is 60.0 cm³/mol. The van der Waals surface area contributed by atoms with Crippen molar-refractivity contribution in [2.24, 2.45) is 0 Å². The van der Waals surface area contributed by atoms with E-state index < -0.39 is 11.8 Å². The van der Waals surface area contributed by atoms with E-state index >= 15 is 0 Å². The molecule has 0 unspecified atom stereocenters. The number of Topliss-reactive ketones (excluding diaryl/α,β-unsaturated/α-hetero) is 1. The van der Waals surface area contributed by atoms with E-state index in [0.717, 1.165) is 29.7 Å². The number of benzene rings is 1. The number of hydrogen-bond acceptors (Lipinski definition) is 3. The van der Waals surface area contributed by atoms with E-state index in [-0.39, 0.29) is 5.56 Å². The Kier molecular flexibility index (Phi) is 2.01. The molecule has 1 saturated carbocycles. The minimum absolute atomic E-state index is 0.177. The molecule has 0 amide bonds. The van der Waals surface area contributed by atoms with Crippen LogP contribution in [0, 0.1) is 0 Å². The number of aliphatic carboxylic acids is 1. The highest BCUT2D eigenvalue weighted by Gasteiger charge is 2.27. The van der Waals surface area contributed by atoms with Crippen molar-refractivity contribution in [1.82, 2.24) is 9.97 Å². The number of hydrogen-bond donors (Lipinski definition) is 2. The summed E-state index contributed by atoms with van der Waals surface area (Å²) in [6.07, 6.45) is 2.28. The van der Waals surface area contributed by atoms with Gasteiger partial charge in [0.15, 0.2) is 0 Å². The van der Waals surface area contributed by atoms with Crippen molar-refractivity contribution in [2.45, 2.75) is 18.8 Å². The van der Waals surface area contributed by atoms with Gasteiger partial charge in [-0.15, -0.1) is 0 Å². The minimum atomic E-state index is -1.44. The zero-order valence-corrected chi connectivity index (χ0v) is 8.93. The van der Waals surface area contributed by atoms with Gasteiger partial charge in [0.05, 0.1) is 11.0 Å². The Hall–Kier alpha value is -2.17. The van der Waals surface area contributed by atoms with E-state index in [1.165, 1.54) is 6.07 Å². The Balaban J connectivity index is 2.05. The molecule has 1 aromatic carbocycles. The van der Waals surface area contributed by atoms with Crippen LogP contribution < -0.4 is 0 Å². The monoisotopic (exact) mass is 230 g/mol. The molecule has 3 rings (SSSR count). The standard InChI is InChI=1S/C12H10N2O3/c15-10(12(16)17)7-3-4-8-9(5-7)14-11(13-8)6-1-2-6/h3-6H,1-2H2,(H,13,14)(H,16,17). The summed E-state index contributed by atoms with van der Waals surface area (Å²) in [5.74, 6) is -0.901. The largest absolute Gasteiger partial charge is 0.475 e. The van der Waals surface area contributed by atoms with Crippen molar-refractivity contribution in [1.29, 1.82) is 0 Å². The van der Waals surface area contributed by atoms with E-state index in [0.29, 0.717) is 5.92 Å². The molecule has 1 aromatic heterocycles. The number of H-pyrrole nitrogens is 1. The molecule has 0 bridgehead atoms. The number of aromatic amines is 1. The highest BCUT2D eigenvalue weighted by Crippen LogP contribution is 2.39. The normalized spacial score (nSPS) is 15.1. The summed E-state index contributed by atoms with van der Waals surface area (Å²) < 4.78 is 0.